The molecule has 160 valence electrons. The van der Waals surface area contributed by atoms with Crippen LogP contribution in [0.1, 0.15) is 18.7 Å². The first-order valence-corrected chi connectivity index (χ1v) is 11.8. The Morgan fingerprint density at radius 3 is 3.03 bits per heavy atom. The number of methoxy groups -OCH3 is 1. The lowest BCUT2D eigenvalue weighted by Gasteiger charge is -2.13. The lowest BCUT2D eigenvalue weighted by molar-refractivity contribution is 0.0953. The van der Waals surface area contributed by atoms with E-state index in [9.17, 15) is 0 Å². The smallest absolute Gasteiger partial charge is 0.237 e. The summed E-state index contributed by atoms with van der Waals surface area (Å²) in [6.45, 7) is 1.56. The van der Waals surface area contributed by atoms with Crippen LogP contribution in [0.25, 0.3) is 22.1 Å². The lowest BCUT2D eigenvalue weighted by Crippen LogP contribution is -2.16. The molecule has 0 bridgehead atoms. The van der Waals surface area contributed by atoms with Gasteiger partial charge in [0.1, 0.15) is 5.75 Å². The SMILES string of the molecule is COc1cccc(-c2noc(CSc3nnc(-c4cccs4)n3CC3CCCO3)n2)c1. The number of ether oxygens (including phenoxy) is 2. The molecule has 0 saturated carbocycles. The highest BCUT2D eigenvalue weighted by atomic mass is 32.2. The Labute approximate surface area is 187 Å². The molecule has 0 N–H and O–H groups in total. The number of rotatable bonds is 8. The van der Waals surface area contributed by atoms with E-state index in [-0.39, 0.29) is 6.10 Å². The van der Waals surface area contributed by atoms with Crippen molar-refractivity contribution < 1.29 is 14.0 Å². The zero-order valence-electron chi connectivity index (χ0n) is 16.9. The topological polar surface area (TPSA) is 88.1 Å². The molecule has 0 amide bonds. The minimum Gasteiger partial charge on any atom is -0.497 e. The molecule has 1 aliphatic heterocycles. The van der Waals surface area contributed by atoms with Crippen molar-refractivity contribution in [1.29, 1.82) is 0 Å². The highest BCUT2D eigenvalue weighted by molar-refractivity contribution is 7.98. The molecule has 0 spiro atoms. The maximum absolute atomic E-state index is 5.85. The van der Waals surface area contributed by atoms with Crippen molar-refractivity contribution in [2.24, 2.45) is 0 Å². The van der Waals surface area contributed by atoms with E-state index in [0.29, 0.717) is 17.5 Å². The average molecular weight is 456 g/mol. The van der Waals surface area contributed by atoms with E-state index in [2.05, 4.69) is 31.0 Å². The number of hydrogen-bond donors (Lipinski definition) is 0. The predicted octanol–water partition coefficient (Wildman–Crippen LogP) is 4.54. The van der Waals surface area contributed by atoms with E-state index in [1.54, 1.807) is 18.4 Å². The first kappa shape index (κ1) is 20.2. The molecule has 1 fully saturated rings. The van der Waals surface area contributed by atoms with Gasteiger partial charge < -0.3 is 14.0 Å². The van der Waals surface area contributed by atoms with Gasteiger partial charge in [-0.1, -0.05) is 35.1 Å². The van der Waals surface area contributed by atoms with E-state index in [0.717, 1.165) is 53.2 Å². The Kier molecular flexibility index (Phi) is 6.01. The Balaban J connectivity index is 1.34. The van der Waals surface area contributed by atoms with Gasteiger partial charge in [0.05, 0.1) is 30.4 Å². The molecule has 1 atom stereocenters. The summed E-state index contributed by atoms with van der Waals surface area (Å²) < 4.78 is 18.7. The van der Waals surface area contributed by atoms with E-state index >= 15 is 0 Å². The molecule has 4 heterocycles. The van der Waals surface area contributed by atoms with Crippen LogP contribution in [0.5, 0.6) is 5.75 Å². The summed E-state index contributed by atoms with van der Waals surface area (Å²) in [5.74, 6) is 3.20. The molecule has 1 aromatic carbocycles. The first-order valence-electron chi connectivity index (χ1n) is 9.98. The number of benzene rings is 1. The van der Waals surface area contributed by atoms with Crippen LogP contribution in [0.3, 0.4) is 0 Å². The van der Waals surface area contributed by atoms with Gasteiger partial charge in [0, 0.05) is 12.2 Å². The zero-order valence-corrected chi connectivity index (χ0v) is 18.6. The van der Waals surface area contributed by atoms with Crippen LogP contribution >= 0.6 is 23.1 Å². The molecule has 1 aliphatic rings. The molecule has 0 aliphatic carbocycles. The van der Waals surface area contributed by atoms with Crippen LogP contribution < -0.4 is 4.74 Å². The fourth-order valence-corrected chi connectivity index (χ4v) is 4.96. The molecule has 1 unspecified atom stereocenters. The molecule has 3 aromatic heterocycles. The third-order valence-electron chi connectivity index (χ3n) is 4.99. The standard InChI is InChI=1S/C21H21N5O3S2/c1-27-15-6-2-5-14(11-15)19-22-18(29-25-19)13-31-21-24-23-20(17-8-4-10-30-17)26(21)12-16-7-3-9-28-16/h2,4-6,8,10-11,16H,3,7,9,12-13H2,1H3. The zero-order chi connectivity index (χ0) is 21.0. The van der Waals surface area contributed by atoms with Crippen molar-refractivity contribution in [2.75, 3.05) is 13.7 Å². The number of thiophene rings is 1. The van der Waals surface area contributed by atoms with Crippen LogP contribution in [0.4, 0.5) is 0 Å². The van der Waals surface area contributed by atoms with Crippen LogP contribution in [0, 0.1) is 0 Å². The van der Waals surface area contributed by atoms with Crippen LogP contribution in [-0.4, -0.2) is 44.7 Å². The maximum Gasteiger partial charge on any atom is 0.237 e. The summed E-state index contributed by atoms with van der Waals surface area (Å²) >= 11 is 3.19. The largest absolute Gasteiger partial charge is 0.497 e. The van der Waals surface area contributed by atoms with E-state index in [1.807, 2.05) is 35.7 Å². The fraction of sp³-hybridized carbons (Fsp3) is 0.333. The first-order chi connectivity index (χ1) is 15.3. The second-order valence-electron chi connectivity index (χ2n) is 7.06. The molecular weight excluding hydrogens is 434 g/mol. The van der Waals surface area contributed by atoms with Gasteiger partial charge in [-0.15, -0.1) is 21.5 Å². The van der Waals surface area contributed by atoms with Gasteiger partial charge in [0.2, 0.25) is 11.7 Å². The Hall–Kier alpha value is -2.69. The van der Waals surface area contributed by atoms with E-state index < -0.39 is 0 Å². The van der Waals surface area contributed by atoms with Crippen molar-refractivity contribution in [3.63, 3.8) is 0 Å². The molecule has 4 aromatic rings. The van der Waals surface area contributed by atoms with Gasteiger partial charge in [-0.25, -0.2) is 0 Å². The average Bonchev–Trinajstić information content (AvgIpc) is 3.60. The number of nitrogens with zero attached hydrogens (tertiary/aromatic N) is 5. The second-order valence-corrected chi connectivity index (χ2v) is 8.95. The van der Waals surface area contributed by atoms with Crippen molar-refractivity contribution in [3.8, 4) is 27.8 Å². The third kappa shape index (κ3) is 4.51. The van der Waals surface area contributed by atoms with Gasteiger partial charge in [-0.2, -0.15) is 4.98 Å². The van der Waals surface area contributed by atoms with Crippen molar-refractivity contribution in [1.82, 2.24) is 24.9 Å². The Morgan fingerprint density at radius 1 is 1.26 bits per heavy atom. The lowest BCUT2D eigenvalue weighted by atomic mass is 10.2. The monoisotopic (exact) mass is 455 g/mol. The summed E-state index contributed by atoms with van der Waals surface area (Å²) in [6.07, 6.45) is 2.34. The molecule has 0 radical (unpaired) electrons. The minimum atomic E-state index is 0.192. The molecule has 31 heavy (non-hydrogen) atoms. The summed E-state index contributed by atoms with van der Waals surface area (Å²) in [6, 6.07) is 11.7. The van der Waals surface area contributed by atoms with E-state index in [1.165, 1.54) is 11.8 Å². The Morgan fingerprint density at radius 2 is 2.23 bits per heavy atom. The molecule has 10 heteroatoms. The van der Waals surface area contributed by atoms with Crippen molar-refractivity contribution >= 4 is 23.1 Å². The van der Waals surface area contributed by atoms with Gasteiger partial charge >= 0.3 is 0 Å². The van der Waals surface area contributed by atoms with Crippen LogP contribution in [0.2, 0.25) is 0 Å². The van der Waals surface area contributed by atoms with Crippen LogP contribution in [0.15, 0.2) is 51.5 Å². The second kappa shape index (κ2) is 9.21. The molecule has 8 nitrogen and oxygen atoms in total. The van der Waals surface area contributed by atoms with Gasteiger partial charge in [-0.05, 0) is 36.4 Å². The molecule has 1 saturated heterocycles. The van der Waals surface area contributed by atoms with Crippen molar-refractivity contribution in [2.45, 2.75) is 36.4 Å². The summed E-state index contributed by atoms with van der Waals surface area (Å²) in [5.41, 5.74) is 0.848. The molecule has 5 rings (SSSR count). The summed E-state index contributed by atoms with van der Waals surface area (Å²) in [4.78, 5) is 5.62. The third-order valence-corrected chi connectivity index (χ3v) is 6.81. The van der Waals surface area contributed by atoms with Gasteiger partial charge in [0.15, 0.2) is 11.0 Å². The summed E-state index contributed by atoms with van der Waals surface area (Å²) in [7, 11) is 1.63. The quantitative estimate of drug-likeness (QED) is 0.358. The van der Waals surface area contributed by atoms with Gasteiger partial charge in [0.25, 0.3) is 0 Å². The molecular formula is C21H21N5O3S2. The summed E-state index contributed by atoms with van der Waals surface area (Å²) in [5, 5.41) is 15.9. The number of aromatic nitrogens is 5. The fourth-order valence-electron chi connectivity index (χ4n) is 3.46. The van der Waals surface area contributed by atoms with E-state index in [4.69, 9.17) is 14.0 Å². The Bertz CT molecular complexity index is 1140. The minimum absolute atomic E-state index is 0.192. The predicted molar refractivity (Wildman–Crippen MR) is 118 cm³/mol. The highest BCUT2D eigenvalue weighted by Crippen LogP contribution is 2.30. The van der Waals surface area contributed by atoms with Crippen LogP contribution in [-0.2, 0) is 17.0 Å². The highest BCUT2D eigenvalue weighted by Gasteiger charge is 2.22. The van der Waals surface area contributed by atoms with Gasteiger partial charge in [-0.3, -0.25) is 4.57 Å². The normalized spacial score (nSPS) is 16.1. The number of hydrogen-bond acceptors (Lipinski definition) is 9. The van der Waals surface area contributed by atoms with Crippen molar-refractivity contribution in [3.05, 3.63) is 47.7 Å². The number of thioether (sulfide) groups is 1. The maximum atomic E-state index is 5.85.